The Hall–Kier alpha value is -3.36. The first-order chi connectivity index (χ1) is 15.4. The molecule has 0 spiro atoms. The Morgan fingerprint density at radius 2 is 1.72 bits per heavy atom. The van der Waals surface area contributed by atoms with Gasteiger partial charge in [0.1, 0.15) is 5.75 Å². The molecule has 0 atom stereocenters. The lowest BCUT2D eigenvalue weighted by atomic mass is 10.2. The van der Waals surface area contributed by atoms with Gasteiger partial charge in [0.2, 0.25) is 5.91 Å². The molecule has 1 heterocycles. The van der Waals surface area contributed by atoms with Gasteiger partial charge in [0.25, 0.3) is 11.8 Å². The second-order valence-electron chi connectivity index (χ2n) is 6.86. The molecular weight excluding hydrogens is 450 g/mol. The number of nitrogens with one attached hydrogen (secondary N) is 3. The number of anilines is 1. The third-order valence-electron chi connectivity index (χ3n) is 4.54. The fourth-order valence-electron chi connectivity index (χ4n) is 2.84. The average Bonchev–Trinajstić information content (AvgIpc) is 3.16. The zero-order valence-electron chi connectivity index (χ0n) is 17.5. The van der Waals surface area contributed by atoms with Crippen LogP contribution >= 0.6 is 22.9 Å². The number of carbonyl (C=O) groups is 3. The minimum atomic E-state index is -0.384. The molecule has 0 saturated carbocycles. The number of amides is 3. The van der Waals surface area contributed by atoms with Crippen LogP contribution in [0, 0.1) is 6.92 Å². The summed E-state index contributed by atoms with van der Waals surface area (Å²) in [4.78, 5) is 37.4. The van der Waals surface area contributed by atoms with E-state index < -0.39 is 0 Å². The Bertz CT molecular complexity index is 1130. The van der Waals surface area contributed by atoms with Crippen molar-refractivity contribution >= 4 is 45.7 Å². The van der Waals surface area contributed by atoms with Crippen molar-refractivity contribution in [1.29, 1.82) is 0 Å². The third kappa shape index (κ3) is 6.09. The Morgan fingerprint density at radius 3 is 2.41 bits per heavy atom. The molecule has 3 amide bonds. The van der Waals surface area contributed by atoms with Crippen LogP contribution in [0.25, 0.3) is 0 Å². The van der Waals surface area contributed by atoms with E-state index in [4.69, 9.17) is 16.3 Å². The Balaban J connectivity index is 1.51. The van der Waals surface area contributed by atoms with E-state index in [1.807, 2.05) is 24.3 Å². The molecule has 166 valence electrons. The number of rotatable bonds is 8. The van der Waals surface area contributed by atoms with Crippen molar-refractivity contribution in [1.82, 2.24) is 10.6 Å². The zero-order chi connectivity index (χ0) is 23.1. The van der Waals surface area contributed by atoms with Crippen molar-refractivity contribution < 1.29 is 19.1 Å². The van der Waals surface area contributed by atoms with Crippen molar-refractivity contribution in [2.75, 3.05) is 19.0 Å². The van der Waals surface area contributed by atoms with Crippen molar-refractivity contribution in [2.45, 2.75) is 13.5 Å². The molecule has 0 bridgehead atoms. The topological polar surface area (TPSA) is 96.5 Å². The van der Waals surface area contributed by atoms with Crippen molar-refractivity contribution in [3.8, 4) is 5.75 Å². The number of hydrogen-bond donors (Lipinski definition) is 3. The van der Waals surface area contributed by atoms with Crippen LogP contribution in [0.15, 0.2) is 54.6 Å². The first kappa shape index (κ1) is 23.3. The molecule has 1 aromatic heterocycles. The standard InChI is InChI=1S/C23H22ClN3O4S/c1-14-11-20(27-22(29)17-5-3-4-6-18(17)24)32-21(14)23(30)26-13-19(28)25-12-15-7-9-16(31-2)10-8-15/h3-11H,12-13H2,1-2H3,(H,25,28)(H,26,30)(H,27,29). The molecule has 0 fully saturated rings. The van der Waals surface area contributed by atoms with Gasteiger partial charge in [0.05, 0.1) is 34.1 Å². The van der Waals surface area contributed by atoms with E-state index in [0.29, 0.717) is 32.6 Å². The van der Waals surface area contributed by atoms with Crippen molar-refractivity contribution in [3.05, 3.63) is 81.2 Å². The summed E-state index contributed by atoms with van der Waals surface area (Å²) < 4.78 is 5.10. The van der Waals surface area contributed by atoms with E-state index in [1.54, 1.807) is 44.4 Å². The highest BCUT2D eigenvalue weighted by Gasteiger charge is 2.17. The van der Waals surface area contributed by atoms with Crippen LogP contribution in [-0.2, 0) is 11.3 Å². The molecular formula is C23H22ClN3O4S. The van der Waals surface area contributed by atoms with Crippen LogP contribution in [0.5, 0.6) is 5.75 Å². The molecule has 0 aliphatic carbocycles. The molecule has 0 saturated heterocycles. The first-order valence-corrected chi connectivity index (χ1v) is 10.9. The molecule has 32 heavy (non-hydrogen) atoms. The van der Waals surface area contributed by atoms with Crippen LogP contribution in [0.3, 0.4) is 0 Å². The monoisotopic (exact) mass is 471 g/mol. The number of hydrogen-bond acceptors (Lipinski definition) is 5. The molecule has 0 aliphatic heterocycles. The maximum Gasteiger partial charge on any atom is 0.262 e. The number of methoxy groups -OCH3 is 1. The normalized spacial score (nSPS) is 10.3. The van der Waals surface area contributed by atoms with Gasteiger partial charge in [-0.05, 0) is 48.4 Å². The van der Waals surface area contributed by atoms with Crippen LogP contribution < -0.4 is 20.7 Å². The summed E-state index contributed by atoms with van der Waals surface area (Å²) in [6.45, 7) is 1.95. The van der Waals surface area contributed by atoms with E-state index in [-0.39, 0.29) is 24.3 Å². The number of thiophene rings is 1. The number of aryl methyl sites for hydroxylation is 1. The minimum absolute atomic E-state index is 0.159. The number of carbonyl (C=O) groups excluding carboxylic acids is 3. The highest BCUT2D eigenvalue weighted by Crippen LogP contribution is 2.27. The van der Waals surface area contributed by atoms with Gasteiger partial charge in [0.15, 0.2) is 0 Å². The van der Waals surface area contributed by atoms with Gasteiger partial charge in [-0.25, -0.2) is 0 Å². The second kappa shape index (κ2) is 10.8. The van der Waals surface area contributed by atoms with E-state index in [9.17, 15) is 14.4 Å². The summed E-state index contributed by atoms with van der Waals surface area (Å²) in [6, 6.07) is 15.7. The van der Waals surface area contributed by atoms with Gasteiger partial charge in [0, 0.05) is 6.54 Å². The van der Waals surface area contributed by atoms with Crippen LogP contribution in [0.4, 0.5) is 5.00 Å². The van der Waals surface area contributed by atoms with Crippen molar-refractivity contribution in [2.24, 2.45) is 0 Å². The minimum Gasteiger partial charge on any atom is -0.497 e. The zero-order valence-corrected chi connectivity index (χ0v) is 19.1. The number of benzene rings is 2. The molecule has 0 unspecified atom stereocenters. The fourth-order valence-corrected chi connectivity index (χ4v) is 4.05. The van der Waals surface area contributed by atoms with Crippen LogP contribution in [0.1, 0.15) is 31.2 Å². The molecule has 0 aliphatic rings. The molecule has 3 aromatic rings. The van der Waals surface area contributed by atoms with Crippen molar-refractivity contribution in [3.63, 3.8) is 0 Å². The highest BCUT2D eigenvalue weighted by molar-refractivity contribution is 7.18. The van der Waals surface area contributed by atoms with E-state index in [2.05, 4.69) is 16.0 Å². The predicted molar refractivity (Wildman–Crippen MR) is 126 cm³/mol. The second-order valence-corrected chi connectivity index (χ2v) is 8.32. The third-order valence-corrected chi connectivity index (χ3v) is 6.02. The van der Waals surface area contributed by atoms with E-state index in [0.717, 1.165) is 22.6 Å². The van der Waals surface area contributed by atoms with E-state index >= 15 is 0 Å². The summed E-state index contributed by atoms with van der Waals surface area (Å²) in [7, 11) is 1.59. The summed E-state index contributed by atoms with van der Waals surface area (Å²) in [6.07, 6.45) is 0. The molecule has 3 rings (SSSR count). The molecule has 7 nitrogen and oxygen atoms in total. The summed E-state index contributed by atoms with van der Waals surface area (Å²) in [5, 5.41) is 8.97. The van der Waals surface area contributed by atoms with E-state index in [1.165, 1.54) is 0 Å². The fraction of sp³-hybridized carbons (Fsp3) is 0.174. The maximum absolute atomic E-state index is 12.5. The van der Waals surface area contributed by atoms with Gasteiger partial charge in [-0.2, -0.15) is 0 Å². The maximum atomic E-state index is 12.5. The Kier molecular flexibility index (Phi) is 7.86. The quantitative estimate of drug-likeness (QED) is 0.462. The lowest BCUT2D eigenvalue weighted by Crippen LogP contribution is -2.36. The number of ether oxygens (including phenoxy) is 1. The first-order valence-electron chi connectivity index (χ1n) is 9.71. The van der Waals surface area contributed by atoms with Gasteiger partial charge in [-0.15, -0.1) is 11.3 Å². The predicted octanol–water partition coefficient (Wildman–Crippen LogP) is 4.02. The number of halogens is 1. The van der Waals surface area contributed by atoms with Crippen LogP contribution in [-0.4, -0.2) is 31.4 Å². The van der Waals surface area contributed by atoms with Gasteiger partial charge >= 0.3 is 0 Å². The van der Waals surface area contributed by atoms with Gasteiger partial charge < -0.3 is 20.7 Å². The molecule has 9 heteroatoms. The summed E-state index contributed by atoms with van der Waals surface area (Å²) >= 11 is 7.19. The molecule has 3 N–H and O–H groups in total. The Labute approximate surface area is 194 Å². The van der Waals surface area contributed by atoms with Gasteiger partial charge in [-0.3, -0.25) is 14.4 Å². The SMILES string of the molecule is COc1ccc(CNC(=O)CNC(=O)c2sc(NC(=O)c3ccccc3Cl)cc2C)cc1. The Morgan fingerprint density at radius 1 is 1.00 bits per heavy atom. The molecule has 2 aromatic carbocycles. The van der Waals surface area contributed by atoms with Gasteiger partial charge in [-0.1, -0.05) is 35.9 Å². The summed E-state index contributed by atoms with van der Waals surface area (Å²) in [5.74, 6) is -0.316. The lowest BCUT2D eigenvalue weighted by molar-refractivity contribution is -0.120. The molecule has 0 radical (unpaired) electrons. The van der Waals surface area contributed by atoms with Crippen LogP contribution in [0.2, 0.25) is 5.02 Å². The summed E-state index contributed by atoms with van der Waals surface area (Å²) in [5.41, 5.74) is 1.96. The lowest BCUT2D eigenvalue weighted by Gasteiger charge is -2.07. The highest BCUT2D eigenvalue weighted by atomic mass is 35.5. The average molecular weight is 472 g/mol. The largest absolute Gasteiger partial charge is 0.497 e. The smallest absolute Gasteiger partial charge is 0.262 e.